The van der Waals surface area contributed by atoms with Gasteiger partial charge >= 0.3 is 0 Å². The van der Waals surface area contributed by atoms with E-state index in [1.165, 1.54) is 12.0 Å². The Bertz CT molecular complexity index is 374. The molecule has 106 valence electrons. The van der Waals surface area contributed by atoms with Crippen molar-refractivity contribution in [3.05, 3.63) is 35.9 Å². The van der Waals surface area contributed by atoms with E-state index in [0.717, 1.165) is 13.1 Å². The molecule has 0 spiro atoms. The van der Waals surface area contributed by atoms with Crippen LogP contribution in [0.1, 0.15) is 45.7 Å². The predicted octanol–water partition coefficient (Wildman–Crippen LogP) is 3.46. The molecule has 0 aliphatic carbocycles. The molecule has 0 bridgehead atoms. The van der Waals surface area contributed by atoms with E-state index >= 15 is 0 Å². The Balaban J connectivity index is 2.23. The highest BCUT2D eigenvalue weighted by atomic mass is 15.3. The number of hydrogen-bond acceptors (Lipinski definition) is 2. The molecule has 0 radical (unpaired) electrons. The van der Waals surface area contributed by atoms with Crippen molar-refractivity contribution in [1.29, 1.82) is 0 Å². The van der Waals surface area contributed by atoms with Crippen molar-refractivity contribution >= 4 is 0 Å². The lowest BCUT2D eigenvalue weighted by Gasteiger charge is -2.45. The van der Waals surface area contributed by atoms with E-state index in [4.69, 9.17) is 0 Å². The van der Waals surface area contributed by atoms with Gasteiger partial charge in [0.1, 0.15) is 0 Å². The minimum atomic E-state index is 0.554. The molecule has 2 nitrogen and oxygen atoms in total. The van der Waals surface area contributed by atoms with Gasteiger partial charge in [0, 0.05) is 31.2 Å². The first-order valence-electron chi connectivity index (χ1n) is 7.67. The predicted molar refractivity (Wildman–Crippen MR) is 82.3 cm³/mol. The molecule has 3 atom stereocenters. The Kier molecular flexibility index (Phi) is 5.00. The third kappa shape index (κ3) is 3.37. The fourth-order valence-electron chi connectivity index (χ4n) is 3.27. The highest BCUT2D eigenvalue weighted by Crippen LogP contribution is 2.30. The van der Waals surface area contributed by atoms with Crippen molar-refractivity contribution in [3.63, 3.8) is 0 Å². The van der Waals surface area contributed by atoms with Crippen LogP contribution >= 0.6 is 0 Å². The van der Waals surface area contributed by atoms with Crippen molar-refractivity contribution in [2.75, 3.05) is 13.1 Å². The van der Waals surface area contributed by atoms with E-state index in [0.29, 0.717) is 24.0 Å². The van der Waals surface area contributed by atoms with Gasteiger partial charge in [0.15, 0.2) is 0 Å². The van der Waals surface area contributed by atoms with Gasteiger partial charge in [-0.2, -0.15) is 0 Å². The first-order valence-corrected chi connectivity index (χ1v) is 7.67. The standard InChI is InChI=1S/C17H28N2/c1-5-16(15-9-7-6-8-10-15)19-12-14(4)18-11-17(19)13(2)3/h6-10,13-14,16-18H,5,11-12H2,1-4H3. The lowest BCUT2D eigenvalue weighted by atomic mass is 9.93. The molecule has 2 heteroatoms. The molecule has 1 aromatic rings. The van der Waals surface area contributed by atoms with Gasteiger partial charge < -0.3 is 5.32 Å². The van der Waals surface area contributed by atoms with Crippen LogP contribution in [-0.4, -0.2) is 30.1 Å². The quantitative estimate of drug-likeness (QED) is 0.892. The lowest BCUT2D eigenvalue weighted by molar-refractivity contribution is 0.0564. The second-order valence-corrected chi connectivity index (χ2v) is 6.15. The molecule has 3 unspecified atom stereocenters. The van der Waals surface area contributed by atoms with E-state index < -0.39 is 0 Å². The summed E-state index contributed by atoms with van der Waals surface area (Å²) in [7, 11) is 0. The molecule has 1 fully saturated rings. The second-order valence-electron chi connectivity index (χ2n) is 6.15. The molecule has 1 aliphatic rings. The zero-order valence-electron chi connectivity index (χ0n) is 12.8. The maximum Gasteiger partial charge on any atom is 0.0349 e. The third-order valence-corrected chi connectivity index (χ3v) is 4.33. The van der Waals surface area contributed by atoms with Crippen molar-refractivity contribution in [2.45, 2.75) is 52.2 Å². The molecule has 1 aliphatic heterocycles. The third-order valence-electron chi connectivity index (χ3n) is 4.33. The summed E-state index contributed by atoms with van der Waals surface area (Å²) in [5, 5.41) is 3.63. The summed E-state index contributed by atoms with van der Waals surface area (Å²) in [5.41, 5.74) is 1.46. The first-order chi connectivity index (χ1) is 9.13. The van der Waals surface area contributed by atoms with Crippen LogP contribution in [0.25, 0.3) is 0 Å². The van der Waals surface area contributed by atoms with Crippen LogP contribution in [0.3, 0.4) is 0 Å². The van der Waals surface area contributed by atoms with Gasteiger partial charge in [0.25, 0.3) is 0 Å². The number of nitrogens with zero attached hydrogens (tertiary/aromatic N) is 1. The molecule has 0 amide bonds. The largest absolute Gasteiger partial charge is 0.311 e. The van der Waals surface area contributed by atoms with Gasteiger partial charge in [-0.05, 0) is 24.8 Å². The number of benzene rings is 1. The monoisotopic (exact) mass is 260 g/mol. The molecular weight excluding hydrogens is 232 g/mol. The molecule has 2 rings (SSSR count). The van der Waals surface area contributed by atoms with Crippen LogP contribution in [-0.2, 0) is 0 Å². The molecule has 1 N–H and O–H groups in total. The molecule has 1 saturated heterocycles. The Morgan fingerprint density at radius 3 is 2.53 bits per heavy atom. The van der Waals surface area contributed by atoms with Crippen LogP contribution in [0.4, 0.5) is 0 Å². The van der Waals surface area contributed by atoms with Gasteiger partial charge in [0.2, 0.25) is 0 Å². The Hall–Kier alpha value is -0.860. The van der Waals surface area contributed by atoms with E-state index in [2.05, 4.69) is 68.2 Å². The summed E-state index contributed by atoms with van der Waals surface area (Å²) in [6, 6.07) is 12.8. The Morgan fingerprint density at radius 2 is 1.95 bits per heavy atom. The minimum absolute atomic E-state index is 0.554. The van der Waals surface area contributed by atoms with Crippen molar-refractivity contribution in [2.24, 2.45) is 5.92 Å². The zero-order valence-corrected chi connectivity index (χ0v) is 12.8. The molecule has 0 saturated carbocycles. The zero-order chi connectivity index (χ0) is 13.8. The number of hydrogen-bond donors (Lipinski definition) is 1. The van der Waals surface area contributed by atoms with E-state index in [1.54, 1.807) is 0 Å². The maximum atomic E-state index is 3.63. The van der Waals surface area contributed by atoms with Gasteiger partial charge in [-0.25, -0.2) is 0 Å². The summed E-state index contributed by atoms with van der Waals surface area (Å²) in [5.74, 6) is 0.692. The number of nitrogens with one attached hydrogen (secondary N) is 1. The van der Waals surface area contributed by atoms with Gasteiger partial charge in [-0.15, -0.1) is 0 Å². The maximum absolute atomic E-state index is 3.63. The van der Waals surface area contributed by atoms with Gasteiger partial charge in [-0.1, -0.05) is 51.1 Å². The molecule has 19 heavy (non-hydrogen) atoms. The Morgan fingerprint density at radius 1 is 1.26 bits per heavy atom. The van der Waals surface area contributed by atoms with Gasteiger partial charge in [-0.3, -0.25) is 4.90 Å². The van der Waals surface area contributed by atoms with Crippen LogP contribution in [0.2, 0.25) is 0 Å². The summed E-state index contributed by atoms with van der Waals surface area (Å²) in [6.07, 6.45) is 1.18. The summed E-state index contributed by atoms with van der Waals surface area (Å²) < 4.78 is 0. The molecule has 1 heterocycles. The number of piperazine rings is 1. The van der Waals surface area contributed by atoms with Crippen LogP contribution in [0.15, 0.2) is 30.3 Å². The smallest absolute Gasteiger partial charge is 0.0349 e. The van der Waals surface area contributed by atoms with Gasteiger partial charge in [0.05, 0.1) is 0 Å². The lowest BCUT2D eigenvalue weighted by Crippen LogP contribution is -2.58. The Labute approximate surface area is 118 Å². The van der Waals surface area contributed by atoms with Crippen LogP contribution in [0.5, 0.6) is 0 Å². The SMILES string of the molecule is CCC(c1ccccc1)N1CC(C)NCC1C(C)C. The highest BCUT2D eigenvalue weighted by Gasteiger charge is 2.32. The average molecular weight is 260 g/mol. The average Bonchev–Trinajstić information content (AvgIpc) is 2.40. The second kappa shape index (κ2) is 6.53. The van der Waals surface area contributed by atoms with Crippen molar-refractivity contribution in [3.8, 4) is 0 Å². The minimum Gasteiger partial charge on any atom is -0.311 e. The topological polar surface area (TPSA) is 15.3 Å². The highest BCUT2D eigenvalue weighted by molar-refractivity contribution is 5.19. The fourth-order valence-corrected chi connectivity index (χ4v) is 3.27. The summed E-state index contributed by atoms with van der Waals surface area (Å²) in [6.45, 7) is 11.5. The van der Waals surface area contributed by atoms with E-state index in [-0.39, 0.29) is 0 Å². The number of rotatable bonds is 4. The van der Waals surface area contributed by atoms with E-state index in [1.807, 2.05) is 0 Å². The summed E-state index contributed by atoms with van der Waals surface area (Å²) in [4.78, 5) is 2.72. The first kappa shape index (κ1) is 14.5. The fraction of sp³-hybridized carbons (Fsp3) is 0.647. The molecule has 0 aromatic heterocycles. The molecular formula is C17H28N2. The molecule has 1 aromatic carbocycles. The normalized spacial score (nSPS) is 26.6. The van der Waals surface area contributed by atoms with Crippen molar-refractivity contribution in [1.82, 2.24) is 10.2 Å². The van der Waals surface area contributed by atoms with Crippen LogP contribution < -0.4 is 5.32 Å². The van der Waals surface area contributed by atoms with Crippen molar-refractivity contribution < 1.29 is 0 Å². The summed E-state index contributed by atoms with van der Waals surface area (Å²) >= 11 is 0. The van der Waals surface area contributed by atoms with Crippen LogP contribution in [0, 0.1) is 5.92 Å². The van der Waals surface area contributed by atoms with E-state index in [9.17, 15) is 0 Å².